The molecule has 4 aromatic rings. The fourth-order valence-electron chi connectivity index (χ4n) is 3.00. The van der Waals surface area contributed by atoms with Crippen LogP contribution in [0.15, 0.2) is 71.8 Å². The Labute approximate surface area is 220 Å². The van der Waals surface area contributed by atoms with Gasteiger partial charge in [0.2, 0.25) is 0 Å². The Kier molecular flexibility index (Phi) is 7.93. The van der Waals surface area contributed by atoms with Crippen LogP contribution in [0.3, 0.4) is 0 Å². The fourth-order valence-corrected chi connectivity index (χ4v) is 4.83. The zero-order valence-corrected chi connectivity index (χ0v) is 21.2. The van der Waals surface area contributed by atoms with Gasteiger partial charge >= 0.3 is 5.97 Å². The number of rotatable bonds is 7. The SMILES string of the molecule is C[C@@H](Oc1ccc(Cl)cc1Cl)C(=O)N/N=C\c1ccc(OC(=O)c2sc3ccccc3c2Cl)cc1. The number of amides is 1. The first-order valence-electron chi connectivity index (χ1n) is 10.3. The lowest BCUT2D eigenvalue weighted by atomic mass is 10.2. The predicted molar refractivity (Wildman–Crippen MR) is 141 cm³/mol. The van der Waals surface area contributed by atoms with Crippen LogP contribution in [-0.4, -0.2) is 24.2 Å². The number of esters is 1. The first-order valence-corrected chi connectivity index (χ1v) is 12.2. The van der Waals surface area contributed by atoms with E-state index in [1.807, 2.05) is 24.3 Å². The van der Waals surface area contributed by atoms with Crippen molar-refractivity contribution < 1.29 is 19.1 Å². The van der Waals surface area contributed by atoms with Crippen molar-refractivity contribution in [2.24, 2.45) is 5.10 Å². The highest BCUT2D eigenvalue weighted by molar-refractivity contribution is 7.21. The molecule has 6 nitrogen and oxygen atoms in total. The highest BCUT2D eigenvalue weighted by Crippen LogP contribution is 2.35. The van der Waals surface area contributed by atoms with Gasteiger partial charge in [-0.05, 0) is 61.0 Å². The van der Waals surface area contributed by atoms with E-state index in [4.69, 9.17) is 44.3 Å². The molecule has 4 rings (SSSR count). The summed E-state index contributed by atoms with van der Waals surface area (Å²) < 4.78 is 11.9. The van der Waals surface area contributed by atoms with Gasteiger partial charge in [0.15, 0.2) is 6.10 Å². The van der Waals surface area contributed by atoms with Gasteiger partial charge < -0.3 is 9.47 Å². The summed E-state index contributed by atoms with van der Waals surface area (Å²) >= 11 is 19.5. The quantitative estimate of drug-likeness (QED) is 0.117. The summed E-state index contributed by atoms with van der Waals surface area (Å²) in [6.07, 6.45) is 0.613. The van der Waals surface area contributed by atoms with Crippen molar-refractivity contribution in [3.05, 3.63) is 92.2 Å². The first kappa shape index (κ1) is 25.0. The van der Waals surface area contributed by atoms with Crippen molar-refractivity contribution >= 4 is 74.3 Å². The maximum Gasteiger partial charge on any atom is 0.355 e. The molecule has 1 heterocycles. The zero-order chi connectivity index (χ0) is 24.9. The number of ether oxygens (including phenoxy) is 2. The molecule has 178 valence electrons. The van der Waals surface area contributed by atoms with Crippen LogP contribution >= 0.6 is 46.1 Å². The summed E-state index contributed by atoms with van der Waals surface area (Å²) in [4.78, 5) is 25.1. The van der Waals surface area contributed by atoms with E-state index in [1.54, 1.807) is 43.3 Å². The molecule has 1 atom stereocenters. The van der Waals surface area contributed by atoms with E-state index >= 15 is 0 Å². The van der Waals surface area contributed by atoms with Crippen molar-refractivity contribution in [2.75, 3.05) is 0 Å². The summed E-state index contributed by atoms with van der Waals surface area (Å²) in [7, 11) is 0. The molecule has 0 unspecified atom stereocenters. The topological polar surface area (TPSA) is 77.0 Å². The van der Waals surface area contributed by atoms with Crippen LogP contribution in [0.1, 0.15) is 22.2 Å². The minimum Gasteiger partial charge on any atom is -0.479 e. The molecule has 0 saturated carbocycles. The third-order valence-electron chi connectivity index (χ3n) is 4.77. The lowest BCUT2D eigenvalue weighted by Gasteiger charge is -2.14. The Morgan fingerprint density at radius 2 is 1.77 bits per heavy atom. The predicted octanol–water partition coefficient (Wildman–Crippen LogP) is 7.00. The van der Waals surface area contributed by atoms with Gasteiger partial charge in [0.1, 0.15) is 16.4 Å². The number of fused-ring (bicyclic) bond motifs is 1. The van der Waals surface area contributed by atoms with Gasteiger partial charge in [-0.3, -0.25) is 4.79 Å². The number of nitrogens with zero attached hydrogens (tertiary/aromatic N) is 1. The standard InChI is InChI=1S/C25H17Cl3N2O4S/c1-14(33-20-11-8-16(26)12-19(20)27)24(31)30-29-13-15-6-9-17(10-7-15)34-25(32)23-22(28)18-4-2-3-5-21(18)35-23/h2-14H,1H3,(H,30,31)/b29-13-/t14-/m1/s1. The molecular formula is C25H17Cl3N2O4S. The molecule has 0 spiro atoms. The molecular weight excluding hydrogens is 531 g/mol. The summed E-state index contributed by atoms with van der Waals surface area (Å²) in [5.74, 6) is -0.297. The first-order chi connectivity index (χ1) is 16.8. The van der Waals surface area contributed by atoms with Crippen LogP contribution in [0.25, 0.3) is 10.1 Å². The summed E-state index contributed by atoms with van der Waals surface area (Å²) in [6, 6.07) is 18.9. The number of benzene rings is 3. The monoisotopic (exact) mass is 546 g/mol. The second kappa shape index (κ2) is 11.1. The van der Waals surface area contributed by atoms with Crippen molar-refractivity contribution in [1.29, 1.82) is 0 Å². The molecule has 0 aliphatic carbocycles. The van der Waals surface area contributed by atoms with Crippen LogP contribution < -0.4 is 14.9 Å². The number of nitrogens with one attached hydrogen (secondary N) is 1. The highest BCUT2D eigenvalue weighted by atomic mass is 35.5. The highest BCUT2D eigenvalue weighted by Gasteiger charge is 2.19. The van der Waals surface area contributed by atoms with Crippen LogP contribution in [-0.2, 0) is 4.79 Å². The van der Waals surface area contributed by atoms with E-state index < -0.39 is 18.0 Å². The van der Waals surface area contributed by atoms with Crippen molar-refractivity contribution in [1.82, 2.24) is 5.43 Å². The molecule has 3 aromatic carbocycles. The normalized spacial score (nSPS) is 12.0. The molecule has 1 aromatic heterocycles. The van der Waals surface area contributed by atoms with Gasteiger partial charge in [-0.25, -0.2) is 10.2 Å². The average molecular weight is 548 g/mol. The summed E-state index contributed by atoms with van der Waals surface area (Å²) in [6.45, 7) is 1.57. The van der Waals surface area contributed by atoms with Gasteiger partial charge in [0, 0.05) is 15.1 Å². The maximum absolute atomic E-state index is 12.6. The minimum atomic E-state index is -0.840. The Morgan fingerprint density at radius 3 is 2.49 bits per heavy atom. The van der Waals surface area contributed by atoms with E-state index in [0.29, 0.717) is 37.0 Å². The van der Waals surface area contributed by atoms with E-state index in [1.165, 1.54) is 23.6 Å². The number of halogens is 3. The number of hydrogen-bond donors (Lipinski definition) is 1. The molecule has 1 N–H and O–H groups in total. The third kappa shape index (κ3) is 6.13. The van der Waals surface area contributed by atoms with Gasteiger partial charge in [0.05, 0.1) is 16.3 Å². The minimum absolute atomic E-state index is 0.302. The largest absolute Gasteiger partial charge is 0.479 e. The van der Waals surface area contributed by atoms with E-state index in [-0.39, 0.29) is 0 Å². The van der Waals surface area contributed by atoms with E-state index in [0.717, 1.165) is 10.1 Å². The van der Waals surface area contributed by atoms with Crippen LogP contribution in [0.4, 0.5) is 0 Å². The Morgan fingerprint density at radius 1 is 1.03 bits per heavy atom. The second-order valence-corrected chi connectivity index (χ2v) is 9.54. The molecule has 10 heteroatoms. The van der Waals surface area contributed by atoms with E-state index in [9.17, 15) is 9.59 Å². The van der Waals surface area contributed by atoms with Gasteiger partial charge in [-0.2, -0.15) is 5.10 Å². The average Bonchev–Trinajstić information content (AvgIpc) is 3.18. The molecule has 0 fully saturated rings. The molecule has 35 heavy (non-hydrogen) atoms. The number of carbonyl (C=O) groups is 2. The lowest BCUT2D eigenvalue weighted by molar-refractivity contribution is -0.127. The second-order valence-electron chi connectivity index (χ2n) is 7.27. The molecule has 1 amide bonds. The van der Waals surface area contributed by atoms with Gasteiger partial charge in [-0.15, -0.1) is 11.3 Å². The van der Waals surface area contributed by atoms with Crippen LogP contribution in [0.5, 0.6) is 11.5 Å². The van der Waals surface area contributed by atoms with Gasteiger partial charge in [0.25, 0.3) is 5.91 Å². The van der Waals surface area contributed by atoms with Crippen molar-refractivity contribution in [2.45, 2.75) is 13.0 Å². The Balaban J connectivity index is 1.32. The smallest absolute Gasteiger partial charge is 0.355 e. The molecule has 0 radical (unpaired) electrons. The number of hydrazone groups is 1. The molecule has 0 saturated heterocycles. The van der Waals surface area contributed by atoms with Crippen molar-refractivity contribution in [3.8, 4) is 11.5 Å². The summed E-state index contributed by atoms with van der Waals surface area (Å²) in [5.41, 5.74) is 3.09. The maximum atomic E-state index is 12.6. The van der Waals surface area contributed by atoms with Gasteiger partial charge in [-0.1, -0.05) is 53.0 Å². The number of carbonyl (C=O) groups excluding carboxylic acids is 2. The molecule has 0 aliphatic rings. The van der Waals surface area contributed by atoms with Crippen LogP contribution in [0, 0.1) is 0 Å². The molecule has 0 bridgehead atoms. The number of thiophene rings is 1. The molecule has 0 aliphatic heterocycles. The van der Waals surface area contributed by atoms with E-state index in [2.05, 4.69) is 10.5 Å². The lowest BCUT2D eigenvalue weighted by Crippen LogP contribution is -2.33. The fraction of sp³-hybridized carbons (Fsp3) is 0.0800. The third-order valence-corrected chi connectivity index (χ3v) is 6.95. The zero-order valence-electron chi connectivity index (χ0n) is 18.1. The van der Waals surface area contributed by atoms with Crippen LogP contribution in [0.2, 0.25) is 15.1 Å². The Hall–Kier alpha value is -3.10. The number of hydrogen-bond acceptors (Lipinski definition) is 6. The summed E-state index contributed by atoms with van der Waals surface area (Å²) in [5, 5.41) is 5.90. The van der Waals surface area contributed by atoms with Crippen molar-refractivity contribution in [3.63, 3.8) is 0 Å². The Bertz CT molecular complexity index is 1420.